The van der Waals surface area contributed by atoms with E-state index in [4.69, 9.17) is 14.3 Å². The third-order valence-electron chi connectivity index (χ3n) is 2.38. The average Bonchev–Trinajstić information content (AvgIpc) is 2.55. The van der Waals surface area contributed by atoms with Crippen molar-refractivity contribution in [3.63, 3.8) is 0 Å². The lowest BCUT2D eigenvalue weighted by molar-refractivity contribution is 0.0463. The minimum Gasteiger partial charge on any atom is -0.490 e. The molecular weight excluding hydrogens is 286 g/mol. The number of nitrogens with one attached hydrogen (secondary N) is 1. The third-order valence-corrected chi connectivity index (χ3v) is 2.97. The number of halogens is 1. The topological polar surface area (TPSA) is 39.7 Å². The molecule has 1 heterocycles. The van der Waals surface area contributed by atoms with Gasteiger partial charge in [0.15, 0.2) is 11.5 Å². The Morgan fingerprint density at radius 2 is 2.18 bits per heavy atom. The van der Waals surface area contributed by atoms with Gasteiger partial charge in [-0.2, -0.15) is 5.48 Å². The molecule has 1 aliphatic rings. The first kappa shape index (κ1) is 12.7. The van der Waals surface area contributed by atoms with Gasteiger partial charge >= 0.3 is 0 Å². The minimum absolute atomic E-state index is 0.642. The van der Waals surface area contributed by atoms with Crippen molar-refractivity contribution in [2.24, 2.45) is 0 Å². The number of ether oxygens (including phenoxy) is 2. The van der Waals surface area contributed by atoms with Crippen LogP contribution >= 0.6 is 15.9 Å². The number of benzene rings is 1. The van der Waals surface area contributed by atoms with Gasteiger partial charge in [-0.1, -0.05) is 0 Å². The van der Waals surface area contributed by atoms with E-state index in [0.29, 0.717) is 26.4 Å². The number of rotatable bonds is 4. The molecule has 1 aliphatic heterocycles. The van der Waals surface area contributed by atoms with Crippen LogP contribution in [0, 0.1) is 0 Å². The summed E-state index contributed by atoms with van der Waals surface area (Å²) in [4.78, 5) is 5.11. The van der Waals surface area contributed by atoms with Crippen molar-refractivity contribution in [1.82, 2.24) is 5.48 Å². The van der Waals surface area contributed by atoms with Crippen molar-refractivity contribution in [1.29, 1.82) is 0 Å². The Labute approximate surface area is 109 Å². The van der Waals surface area contributed by atoms with E-state index in [1.54, 1.807) is 0 Å². The van der Waals surface area contributed by atoms with Crippen molar-refractivity contribution < 1.29 is 14.3 Å². The maximum absolute atomic E-state index is 5.65. The molecule has 0 saturated carbocycles. The summed E-state index contributed by atoms with van der Waals surface area (Å²) in [5.74, 6) is 1.59. The van der Waals surface area contributed by atoms with E-state index in [0.717, 1.165) is 28.0 Å². The van der Waals surface area contributed by atoms with Crippen molar-refractivity contribution >= 4 is 15.9 Å². The minimum atomic E-state index is 0.642. The van der Waals surface area contributed by atoms with E-state index in [1.165, 1.54) is 0 Å². The molecule has 0 amide bonds. The highest BCUT2D eigenvalue weighted by atomic mass is 79.9. The molecule has 1 N–H and O–H groups in total. The highest BCUT2D eigenvalue weighted by Gasteiger charge is 2.14. The summed E-state index contributed by atoms with van der Waals surface area (Å²) in [6.45, 7) is 4.62. The van der Waals surface area contributed by atoms with Gasteiger partial charge in [0.25, 0.3) is 0 Å². The van der Waals surface area contributed by atoms with Gasteiger partial charge in [-0.15, -0.1) is 0 Å². The van der Waals surface area contributed by atoms with Gasteiger partial charge in [0, 0.05) is 13.0 Å². The molecule has 94 valence electrons. The van der Waals surface area contributed by atoms with Crippen molar-refractivity contribution in [2.45, 2.75) is 19.9 Å². The van der Waals surface area contributed by atoms with E-state index in [9.17, 15) is 0 Å². The van der Waals surface area contributed by atoms with Crippen molar-refractivity contribution in [3.05, 3.63) is 22.2 Å². The Bertz CT molecular complexity index is 384. The zero-order chi connectivity index (χ0) is 12.1. The van der Waals surface area contributed by atoms with Crippen LogP contribution < -0.4 is 15.0 Å². The molecule has 0 radical (unpaired) electrons. The summed E-state index contributed by atoms with van der Waals surface area (Å²) in [5, 5.41) is 0. The van der Waals surface area contributed by atoms with Crippen LogP contribution in [0.3, 0.4) is 0 Å². The number of hydrogen-bond donors (Lipinski definition) is 1. The monoisotopic (exact) mass is 301 g/mol. The van der Waals surface area contributed by atoms with Gasteiger partial charge in [0.2, 0.25) is 0 Å². The van der Waals surface area contributed by atoms with Crippen LogP contribution in [0.4, 0.5) is 0 Å². The smallest absolute Gasteiger partial charge is 0.175 e. The molecule has 0 fully saturated rings. The van der Waals surface area contributed by atoms with Crippen LogP contribution in [-0.4, -0.2) is 19.8 Å². The van der Waals surface area contributed by atoms with E-state index >= 15 is 0 Å². The second kappa shape index (κ2) is 6.23. The molecule has 4 nitrogen and oxygen atoms in total. The fourth-order valence-corrected chi connectivity index (χ4v) is 2.23. The lowest BCUT2D eigenvalue weighted by Gasteiger charge is -2.12. The van der Waals surface area contributed by atoms with E-state index in [2.05, 4.69) is 21.4 Å². The third kappa shape index (κ3) is 3.34. The van der Waals surface area contributed by atoms with Crippen LogP contribution in [0.2, 0.25) is 0 Å². The van der Waals surface area contributed by atoms with E-state index in [-0.39, 0.29) is 0 Å². The second-order valence-electron chi connectivity index (χ2n) is 3.71. The zero-order valence-corrected chi connectivity index (χ0v) is 11.4. The maximum Gasteiger partial charge on any atom is 0.175 e. The standard InChI is InChI=1S/C12H16BrNO3/c1-2-17-14-8-9-6-10(13)12-11(7-9)15-4-3-5-16-12/h6-7,14H,2-5,8H2,1H3. The fraction of sp³-hybridized carbons (Fsp3) is 0.500. The lowest BCUT2D eigenvalue weighted by Crippen LogP contribution is -2.13. The number of hydrogen-bond acceptors (Lipinski definition) is 4. The Hall–Kier alpha value is -0.780. The zero-order valence-electron chi connectivity index (χ0n) is 9.79. The molecule has 5 heteroatoms. The quantitative estimate of drug-likeness (QED) is 0.685. The largest absolute Gasteiger partial charge is 0.490 e. The molecular formula is C12H16BrNO3. The fourth-order valence-electron chi connectivity index (χ4n) is 1.62. The summed E-state index contributed by atoms with van der Waals surface area (Å²) >= 11 is 3.50. The van der Waals surface area contributed by atoms with E-state index in [1.807, 2.05) is 19.1 Å². The van der Waals surface area contributed by atoms with Crippen molar-refractivity contribution in [2.75, 3.05) is 19.8 Å². The predicted molar refractivity (Wildman–Crippen MR) is 68.2 cm³/mol. The summed E-state index contributed by atoms with van der Waals surface area (Å²) in [5.41, 5.74) is 3.98. The average molecular weight is 302 g/mol. The SMILES string of the molecule is CCONCc1cc(Br)c2c(c1)OCCCO2. The number of fused-ring (bicyclic) bond motifs is 1. The molecule has 2 rings (SSSR count). The molecule has 0 saturated heterocycles. The van der Waals surface area contributed by atoms with Gasteiger partial charge in [0.05, 0.1) is 24.3 Å². The first-order chi connectivity index (χ1) is 8.31. The molecule has 17 heavy (non-hydrogen) atoms. The van der Waals surface area contributed by atoms with Gasteiger partial charge in [0.1, 0.15) is 0 Å². The van der Waals surface area contributed by atoms with E-state index < -0.39 is 0 Å². The van der Waals surface area contributed by atoms with Crippen LogP contribution in [0.25, 0.3) is 0 Å². The lowest BCUT2D eigenvalue weighted by atomic mass is 10.2. The second-order valence-corrected chi connectivity index (χ2v) is 4.56. The molecule has 1 aromatic rings. The molecule has 0 unspecified atom stereocenters. The van der Waals surface area contributed by atoms with Crippen LogP contribution in [0.1, 0.15) is 18.9 Å². The maximum atomic E-state index is 5.65. The molecule has 1 aromatic carbocycles. The Balaban J connectivity index is 2.14. The van der Waals surface area contributed by atoms with Crippen LogP contribution in [-0.2, 0) is 11.4 Å². The van der Waals surface area contributed by atoms with Crippen molar-refractivity contribution in [3.8, 4) is 11.5 Å². The first-order valence-electron chi connectivity index (χ1n) is 5.74. The molecule has 0 aromatic heterocycles. The Kier molecular flexibility index (Phi) is 4.65. The Morgan fingerprint density at radius 3 is 3.00 bits per heavy atom. The molecule has 0 bridgehead atoms. The van der Waals surface area contributed by atoms with Crippen LogP contribution in [0.15, 0.2) is 16.6 Å². The normalized spacial score (nSPS) is 14.5. The van der Waals surface area contributed by atoms with Gasteiger partial charge in [-0.3, -0.25) is 0 Å². The highest BCUT2D eigenvalue weighted by Crippen LogP contribution is 2.38. The summed E-state index contributed by atoms with van der Waals surface area (Å²) in [6, 6.07) is 4.00. The Morgan fingerprint density at radius 1 is 1.35 bits per heavy atom. The molecule has 0 aliphatic carbocycles. The summed E-state index contributed by atoms with van der Waals surface area (Å²) < 4.78 is 12.2. The predicted octanol–water partition coefficient (Wildman–Crippen LogP) is 2.65. The van der Waals surface area contributed by atoms with Crippen LogP contribution in [0.5, 0.6) is 11.5 Å². The van der Waals surface area contributed by atoms with Gasteiger partial charge in [-0.05, 0) is 40.5 Å². The first-order valence-corrected chi connectivity index (χ1v) is 6.53. The summed E-state index contributed by atoms with van der Waals surface area (Å²) in [7, 11) is 0. The summed E-state index contributed by atoms with van der Waals surface area (Å²) in [6.07, 6.45) is 0.910. The molecule has 0 spiro atoms. The van der Waals surface area contributed by atoms with Gasteiger partial charge in [-0.25, -0.2) is 0 Å². The molecule has 0 atom stereocenters. The highest BCUT2D eigenvalue weighted by molar-refractivity contribution is 9.10. The number of hydroxylamine groups is 1. The van der Waals surface area contributed by atoms with Gasteiger partial charge < -0.3 is 14.3 Å².